The van der Waals surface area contributed by atoms with Crippen LogP contribution in [0.3, 0.4) is 0 Å². The van der Waals surface area contributed by atoms with Crippen molar-refractivity contribution in [1.29, 1.82) is 0 Å². The van der Waals surface area contributed by atoms with E-state index in [9.17, 15) is 9.90 Å². The van der Waals surface area contributed by atoms with E-state index in [0.29, 0.717) is 5.69 Å². The third-order valence-corrected chi connectivity index (χ3v) is 10.3. The molecule has 0 amide bonds. The summed E-state index contributed by atoms with van der Waals surface area (Å²) in [4.78, 5) is 12.8. The van der Waals surface area contributed by atoms with E-state index in [1.165, 1.54) is 4.57 Å². The van der Waals surface area contributed by atoms with Gasteiger partial charge in [0.05, 0.1) is 17.9 Å². The minimum Gasteiger partial charge on any atom is -0.443 e. The van der Waals surface area contributed by atoms with Crippen LogP contribution in [-0.2, 0) is 9.16 Å². The van der Waals surface area contributed by atoms with Crippen molar-refractivity contribution in [2.75, 3.05) is 0 Å². The molecule has 0 aliphatic carbocycles. The Morgan fingerprint density at radius 2 is 1.76 bits per heavy atom. The number of carbonyl (C=O) groups excluding carboxylic acids is 1. The van der Waals surface area contributed by atoms with E-state index in [2.05, 4.69) is 40.4 Å². The molecule has 0 aliphatic rings. The van der Waals surface area contributed by atoms with E-state index in [-0.39, 0.29) is 16.9 Å². The van der Waals surface area contributed by atoms with Crippen molar-refractivity contribution >= 4 is 14.4 Å². The SMILES string of the molecule is C=C[C@H](C)[C@@H](O)[C@@H](C)[C@H](O[Si](C)(C)C(C)(C)C)c1cccn1C(=O)OC(C)(C)C. The Hall–Kier alpha value is -1.37. The summed E-state index contributed by atoms with van der Waals surface area (Å²) in [6.45, 7) is 24.1. The molecule has 5 nitrogen and oxygen atoms in total. The highest BCUT2D eigenvalue weighted by Crippen LogP contribution is 2.43. The molecule has 1 N–H and O–H groups in total. The van der Waals surface area contributed by atoms with Crippen LogP contribution in [0.2, 0.25) is 18.1 Å². The lowest BCUT2D eigenvalue weighted by atomic mass is 9.88. The van der Waals surface area contributed by atoms with Crippen molar-refractivity contribution in [3.8, 4) is 0 Å². The molecular weight excluding hydrogens is 382 g/mol. The van der Waals surface area contributed by atoms with Crippen LogP contribution in [0, 0.1) is 11.8 Å². The van der Waals surface area contributed by atoms with Crippen molar-refractivity contribution in [3.05, 3.63) is 36.7 Å². The van der Waals surface area contributed by atoms with E-state index >= 15 is 0 Å². The lowest BCUT2D eigenvalue weighted by molar-refractivity contribution is 0.00406. The predicted molar refractivity (Wildman–Crippen MR) is 122 cm³/mol. The van der Waals surface area contributed by atoms with E-state index in [4.69, 9.17) is 9.16 Å². The molecule has 0 radical (unpaired) electrons. The normalized spacial score (nSPS) is 17.3. The first-order valence-electron chi connectivity index (χ1n) is 10.4. The molecule has 0 saturated carbocycles. The number of hydrogen-bond acceptors (Lipinski definition) is 4. The van der Waals surface area contributed by atoms with Gasteiger partial charge in [0.1, 0.15) is 5.60 Å². The van der Waals surface area contributed by atoms with Gasteiger partial charge in [-0.15, -0.1) is 6.58 Å². The number of ether oxygens (including phenoxy) is 1. The zero-order chi connectivity index (χ0) is 22.8. The topological polar surface area (TPSA) is 60.7 Å². The molecular formula is C23H41NO4Si. The summed E-state index contributed by atoms with van der Waals surface area (Å²) in [7, 11) is -2.18. The van der Waals surface area contributed by atoms with Crippen molar-refractivity contribution < 1.29 is 19.1 Å². The lowest BCUT2D eigenvalue weighted by Crippen LogP contribution is -2.45. The summed E-state index contributed by atoms with van der Waals surface area (Å²) in [5.41, 5.74) is 0.101. The Labute approximate surface area is 178 Å². The average molecular weight is 424 g/mol. The van der Waals surface area contributed by atoms with Gasteiger partial charge in [-0.2, -0.15) is 0 Å². The van der Waals surface area contributed by atoms with Crippen LogP contribution in [0.25, 0.3) is 0 Å². The van der Waals surface area contributed by atoms with Gasteiger partial charge >= 0.3 is 6.09 Å². The maximum Gasteiger partial charge on any atom is 0.418 e. The summed E-state index contributed by atoms with van der Waals surface area (Å²) in [5, 5.41) is 10.9. The molecule has 0 fully saturated rings. The predicted octanol–water partition coefficient (Wildman–Crippen LogP) is 6.15. The van der Waals surface area contributed by atoms with Crippen LogP contribution in [0.15, 0.2) is 31.0 Å². The van der Waals surface area contributed by atoms with Crippen molar-refractivity contribution in [2.45, 2.75) is 91.3 Å². The Bertz CT molecular complexity index is 696. The van der Waals surface area contributed by atoms with E-state index in [1.54, 1.807) is 12.3 Å². The highest BCUT2D eigenvalue weighted by atomic mass is 28.4. The second-order valence-electron chi connectivity index (χ2n) is 10.5. The fourth-order valence-electron chi connectivity index (χ4n) is 2.83. The van der Waals surface area contributed by atoms with E-state index in [0.717, 1.165) is 0 Å². The highest BCUT2D eigenvalue weighted by molar-refractivity contribution is 6.74. The fraction of sp³-hybridized carbons (Fsp3) is 0.696. The Morgan fingerprint density at radius 3 is 2.21 bits per heavy atom. The van der Waals surface area contributed by atoms with Gasteiger partial charge in [0, 0.05) is 18.0 Å². The van der Waals surface area contributed by atoms with Gasteiger partial charge in [-0.3, -0.25) is 4.57 Å². The first kappa shape index (κ1) is 25.7. The minimum atomic E-state index is -2.18. The summed E-state index contributed by atoms with van der Waals surface area (Å²) in [5.74, 6) is -0.339. The van der Waals surface area contributed by atoms with Crippen molar-refractivity contribution in [3.63, 3.8) is 0 Å². The largest absolute Gasteiger partial charge is 0.443 e. The molecule has 1 rings (SSSR count). The number of aromatic nitrogens is 1. The smallest absolute Gasteiger partial charge is 0.418 e. The Kier molecular flexibility index (Phi) is 8.13. The molecule has 1 aromatic heterocycles. The molecule has 1 heterocycles. The molecule has 1 aromatic rings. The molecule has 29 heavy (non-hydrogen) atoms. The van der Waals surface area contributed by atoms with Gasteiger partial charge in [-0.25, -0.2) is 4.79 Å². The van der Waals surface area contributed by atoms with Crippen LogP contribution >= 0.6 is 0 Å². The van der Waals surface area contributed by atoms with Crippen LogP contribution < -0.4 is 0 Å². The molecule has 0 saturated heterocycles. The molecule has 0 bridgehead atoms. The third-order valence-electron chi connectivity index (χ3n) is 5.82. The van der Waals surface area contributed by atoms with Crippen molar-refractivity contribution in [1.82, 2.24) is 4.57 Å². The second-order valence-corrected chi connectivity index (χ2v) is 15.3. The van der Waals surface area contributed by atoms with Gasteiger partial charge in [0.25, 0.3) is 0 Å². The zero-order valence-electron chi connectivity index (χ0n) is 19.9. The van der Waals surface area contributed by atoms with E-state index < -0.39 is 32.2 Å². The number of nitrogens with zero attached hydrogens (tertiary/aromatic N) is 1. The van der Waals surface area contributed by atoms with Crippen molar-refractivity contribution in [2.24, 2.45) is 11.8 Å². The van der Waals surface area contributed by atoms with Crippen LogP contribution in [0.5, 0.6) is 0 Å². The van der Waals surface area contributed by atoms with E-state index in [1.807, 2.05) is 46.8 Å². The Morgan fingerprint density at radius 1 is 1.21 bits per heavy atom. The van der Waals surface area contributed by atoms with Gasteiger partial charge in [0.2, 0.25) is 0 Å². The monoisotopic (exact) mass is 423 g/mol. The van der Waals surface area contributed by atoms with Gasteiger partial charge in [-0.05, 0) is 51.0 Å². The van der Waals surface area contributed by atoms with Crippen LogP contribution in [0.1, 0.15) is 67.2 Å². The number of aliphatic hydroxyl groups excluding tert-OH is 1. The summed E-state index contributed by atoms with van der Waals surface area (Å²) < 4.78 is 13.8. The summed E-state index contributed by atoms with van der Waals surface area (Å²) in [6, 6.07) is 3.70. The Balaban J connectivity index is 3.41. The number of carbonyl (C=O) groups is 1. The van der Waals surface area contributed by atoms with Crippen LogP contribution in [0.4, 0.5) is 4.79 Å². The lowest BCUT2D eigenvalue weighted by Gasteiger charge is -2.42. The molecule has 4 atom stereocenters. The summed E-state index contributed by atoms with van der Waals surface area (Å²) >= 11 is 0. The second kappa shape index (κ2) is 9.19. The third kappa shape index (κ3) is 6.56. The molecule has 166 valence electrons. The molecule has 6 heteroatoms. The number of hydrogen-bond donors (Lipinski definition) is 1. The number of rotatable bonds is 7. The number of aliphatic hydroxyl groups is 1. The maximum atomic E-state index is 12.8. The average Bonchev–Trinajstić information content (AvgIpc) is 3.04. The highest BCUT2D eigenvalue weighted by Gasteiger charge is 2.43. The maximum absolute atomic E-state index is 12.8. The molecule has 0 aromatic carbocycles. The van der Waals surface area contributed by atoms with Crippen LogP contribution in [-0.4, -0.2) is 35.8 Å². The molecule has 0 unspecified atom stereocenters. The summed E-state index contributed by atoms with van der Waals surface area (Å²) in [6.07, 6.45) is 1.90. The minimum absolute atomic E-state index is 0.0106. The van der Waals surface area contributed by atoms with Gasteiger partial charge < -0.3 is 14.3 Å². The fourth-order valence-corrected chi connectivity index (χ4v) is 4.16. The standard InChI is InChI=1S/C23H41NO4Si/c1-12-16(2)19(25)17(3)20(28-29(10,11)23(7,8)9)18-14-13-15-24(18)21(26)27-22(4,5)6/h12-17,19-20,25H,1H2,2-11H3/t16-,17+,19+,20-/m0/s1. The van der Waals surface area contributed by atoms with Gasteiger partial charge in [-0.1, -0.05) is 40.7 Å². The first-order valence-corrected chi connectivity index (χ1v) is 13.3. The van der Waals surface area contributed by atoms with Gasteiger partial charge in [0.15, 0.2) is 8.32 Å². The molecule has 0 aliphatic heterocycles. The molecule has 0 spiro atoms. The first-order chi connectivity index (χ1) is 13.0. The quantitative estimate of drug-likeness (QED) is 0.422. The zero-order valence-corrected chi connectivity index (χ0v) is 20.9.